The third-order valence-corrected chi connectivity index (χ3v) is 4.45. The van der Waals surface area contributed by atoms with Gasteiger partial charge in [0, 0.05) is 11.6 Å². The molecular formula is C22H18N2O6. The minimum Gasteiger partial charge on any atom is -0.443 e. The number of aromatic nitrogens is 1. The third kappa shape index (κ3) is 3.32. The van der Waals surface area contributed by atoms with Gasteiger partial charge < -0.3 is 9.57 Å². The van der Waals surface area contributed by atoms with Gasteiger partial charge in [-0.25, -0.2) is 9.59 Å². The van der Waals surface area contributed by atoms with Crippen LogP contribution >= 0.6 is 0 Å². The minimum atomic E-state index is -0.864. The lowest BCUT2D eigenvalue weighted by Gasteiger charge is -2.19. The Morgan fingerprint density at radius 2 is 1.53 bits per heavy atom. The highest BCUT2D eigenvalue weighted by atomic mass is 16.7. The zero-order valence-electron chi connectivity index (χ0n) is 16.5. The number of amides is 2. The largest absolute Gasteiger partial charge is 0.443 e. The summed E-state index contributed by atoms with van der Waals surface area (Å²) in [5, 5.41) is 1.06. The van der Waals surface area contributed by atoms with Gasteiger partial charge in [-0.05, 0) is 57.2 Å². The number of imide groups is 1. The molecule has 0 N–H and O–H groups in total. The smallest absolute Gasteiger partial charge is 0.418 e. The Kier molecular flexibility index (Phi) is 4.42. The molecule has 8 heteroatoms. The van der Waals surface area contributed by atoms with E-state index in [-0.39, 0.29) is 16.7 Å². The van der Waals surface area contributed by atoms with Gasteiger partial charge in [-0.15, -0.1) is 0 Å². The number of nitrogens with zero attached hydrogens (tertiary/aromatic N) is 2. The number of ether oxygens (including phenoxy) is 1. The fraction of sp³-hybridized carbons (Fsp3) is 0.182. The summed E-state index contributed by atoms with van der Waals surface area (Å²) in [5.74, 6) is -2.25. The van der Waals surface area contributed by atoms with Gasteiger partial charge in [0.2, 0.25) is 0 Å². The maximum absolute atomic E-state index is 12.5. The standard InChI is InChI=1S/C22H18N2O6/c1-22(2,3)29-21(28)23-11-10-13-12-14(8-9-17(13)23)20(27)30-24-18(25)15-6-4-5-7-16(15)19(24)26/h4-12H,1-3H3. The van der Waals surface area contributed by atoms with E-state index in [0.717, 1.165) is 0 Å². The van der Waals surface area contributed by atoms with Crippen molar-refractivity contribution in [3.63, 3.8) is 0 Å². The average molecular weight is 406 g/mol. The Morgan fingerprint density at radius 3 is 2.13 bits per heavy atom. The maximum atomic E-state index is 12.5. The van der Waals surface area contributed by atoms with Crippen molar-refractivity contribution in [1.82, 2.24) is 9.63 Å². The summed E-state index contributed by atoms with van der Waals surface area (Å²) >= 11 is 0. The number of hydroxylamine groups is 2. The van der Waals surface area contributed by atoms with Gasteiger partial charge in [-0.2, -0.15) is 0 Å². The Bertz CT molecular complexity index is 1180. The van der Waals surface area contributed by atoms with Gasteiger partial charge in [0.05, 0.1) is 22.2 Å². The Balaban J connectivity index is 1.56. The molecule has 0 saturated carbocycles. The lowest BCUT2D eigenvalue weighted by Crippen LogP contribution is -2.32. The Morgan fingerprint density at radius 1 is 0.900 bits per heavy atom. The van der Waals surface area contributed by atoms with Crippen molar-refractivity contribution in [2.45, 2.75) is 26.4 Å². The molecular weight excluding hydrogens is 388 g/mol. The van der Waals surface area contributed by atoms with E-state index in [2.05, 4.69) is 0 Å². The summed E-state index contributed by atoms with van der Waals surface area (Å²) in [6.07, 6.45) is 0.997. The molecule has 0 saturated heterocycles. The van der Waals surface area contributed by atoms with Crippen LogP contribution in [0.25, 0.3) is 10.9 Å². The van der Waals surface area contributed by atoms with Crippen LogP contribution in [0.15, 0.2) is 54.7 Å². The molecule has 0 radical (unpaired) electrons. The Hall–Kier alpha value is -3.94. The van der Waals surface area contributed by atoms with Crippen molar-refractivity contribution >= 4 is 34.8 Å². The SMILES string of the molecule is CC(C)(C)OC(=O)n1ccc2cc(C(=O)ON3C(=O)c4ccccc4C3=O)ccc21. The van der Waals surface area contributed by atoms with Gasteiger partial charge in [0.25, 0.3) is 11.8 Å². The van der Waals surface area contributed by atoms with Crippen LogP contribution in [-0.2, 0) is 9.57 Å². The van der Waals surface area contributed by atoms with Crippen molar-refractivity contribution in [3.8, 4) is 0 Å². The van der Waals surface area contributed by atoms with E-state index in [1.807, 2.05) is 0 Å². The molecule has 0 bridgehead atoms. The summed E-state index contributed by atoms with van der Waals surface area (Å²) in [7, 11) is 0. The number of carbonyl (C=O) groups excluding carboxylic acids is 4. The van der Waals surface area contributed by atoms with Crippen LogP contribution in [0.2, 0.25) is 0 Å². The van der Waals surface area contributed by atoms with Gasteiger partial charge in [0.15, 0.2) is 0 Å². The number of carbonyl (C=O) groups is 4. The summed E-state index contributed by atoms with van der Waals surface area (Å²) in [4.78, 5) is 54.7. The molecule has 30 heavy (non-hydrogen) atoms. The second kappa shape index (κ2) is 6.84. The fourth-order valence-corrected chi connectivity index (χ4v) is 3.13. The van der Waals surface area contributed by atoms with E-state index >= 15 is 0 Å². The number of hydrogen-bond donors (Lipinski definition) is 0. The minimum absolute atomic E-state index is 0.126. The molecule has 0 spiro atoms. The van der Waals surface area contributed by atoms with Crippen LogP contribution < -0.4 is 0 Å². The summed E-state index contributed by atoms with van der Waals surface area (Å²) < 4.78 is 6.69. The van der Waals surface area contributed by atoms with E-state index in [1.54, 1.807) is 45.0 Å². The molecule has 0 atom stereocenters. The van der Waals surface area contributed by atoms with E-state index in [9.17, 15) is 19.2 Å². The molecule has 1 aromatic heterocycles. The number of rotatable bonds is 2. The first-order valence-corrected chi connectivity index (χ1v) is 9.20. The molecule has 152 valence electrons. The number of fused-ring (bicyclic) bond motifs is 2. The summed E-state index contributed by atoms with van der Waals surface area (Å²) in [6.45, 7) is 5.30. The topological polar surface area (TPSA) is 94.9 Å². The predicted octanol–water partition coefficient (Wildman–Crippen LogP) is 3.79. The molecule has 0 aliphatic carbocycles. The zero-order chi connectivity index (χ0) is 21.6. The van der Waals surface area contributed by atoms with Gasteiger partial charge >= 0.3 is 12.1 Å². The lowest BCUT2D eigenvalue weighted by atomic mass is 10.1. The second-order valence-corrected chi connectivity index (χ2v) is 7.77. The fourth-order valence-electron chi connectivity index (χ4n) is 3.13. The van der Waals surface area contributed by atoms with Gasteiger partial charge in [0.1, 0.15) is 5.60 Å². The summed E-state index contributed by atoms with van der Waals surface area (Å²) in [6, 6.07) is 12.4. The predicted molar refractivity (Wildman–Crippen MR) is 106 cm³/mol. The molecule has 1 aliphatic rings. The second-order valence-electron chi connectivity index (χ2n) is 7.77. The maximum Gasteiger partial charge on any atom is 0.418 e. The quantitative estimate of drug-likeness (QED) is 0.601. The van der Waals surface area contributed by atoms with Crippen LogP contribution in [0, 0.1) is 0 Å². The highest BCUT2D eigenvalue weighted by Gasteiger charge is 2.38. The van der Waals surface area contributed by atoms with E-state index in [0.29, 0.717) is 16.0 Å². The van der Waals surface area contributed by atoms with E-state index in [4.69, 9.17) is 9.57 Å². The molecule has 2 amide bonds. The van der Waals surface area contributed by atoms with Gasteiger partial charge in [-0.3, -0.25) is 14.2 Å². The highest BCUT2D eigenvalue weighted by Crippen LogP contribution is 2.24. The highest BCUT2D eigenvalue weighted by molar-refractivity contribution is 6.21. The first kappa shape index (κ1) is 19.4. The van der Waals surface area contributed by atoms with E-state index in [1.165, 1.54) is 35.0 Å². The molecule has 2 aromatic carbocycles. The third-order valence-electron chi connectivity index (χ3n) is 4.45. The Labute approximate surface area is 171 Å². The van der Waals surface area contributed by atoms with Crippen molar-refractivity contribution < 1.29 is 28.8 Å². The monoisotopic (exact) mass is 406 g/mol. The first-order chi connectivity index (χ1) is 14.2. The van der Waals surface area contributed by atoms with Crippen LogP contribution in [0.4, 0.5) is 4.79 Å². The molecule has 1 aliphatic heterocycles. The molecule has 0 fully saturated rings. The lowest BCUT2D eigenvalue weighted by molar-refractivity contribution is -0.0584. The first-order valence-electron chi connectivity index (χ1n) is 9.20. The van der Waals surface area contributed by atoms with Crippen LogP contribution in [0.5, 0.6) is 0 Å². The number of benzene rings is 2. The molecule has 8 nitrogen and oxygen atoms in total. The van der Waals surface area contributed by atoms with Crippen LogP contribution in [0.3, 0.4) is 0 Å². The van der Waals surface area contributed by atoms with E-state index < -0.39 is 29.5 Å². The zero-order valence-corrected chi connectivity index (χ0v) is 16.5. The molecule has 0 unspecified atom stereocenters. The molecule has 3 aromatic rings. The summed E-state index contributed by atoms with van der Waals surface area (Å²) in [5.41, 5.74) is 0.381. The normalized spacial score (nSPS) is 13.5. The van der Waals surface area contributed by atoms with Crippen molar-refractivity contribution in [2.24, 2.45) is 0 Å². The van der Waals surface area contributed by atoms with Crippen molar-refractivity contribution in [2.75, 3.05) is 0 Å². The molecule has 2 heterocycles. The van der Waals surface area contributed by atoms with Gasteiger partial charge in [-0.1, -0.05) is 17.2 Å². The van der Waals surface area contributed by atoms with Crippen molar-refractivity contribution in [1.29, 1.82) is 0 Å². The number of hydrogen-bond acceptors (Lipinski definition) is 6. The van der Waals surface area contributed by atoms with Crippen LogP contribution in [0.1, 0.15) is 51.8 Å². The van der Waals surface area contributed by atoms with Crippen molar-refractivity contribution in [3.05, 3.63) is 71.4 Å². The van der Waals surface area contributed by atoms with Crippen LogP contribution in [-0.4, -0.2) is 39.1 Å². The average Bonchev–Trinajstić information content (AvgIpc) is 3.22. The molecule has 4 rings (SSSR count).